The highest BCUT2D eigenvalue weighted by molar-refractivity contribution is 6.17. The van der Waals surface area contributed by atoms with Crippen LogP contribution in [0.1, 0.15) is 11.1 Å². The summed E-state index contributed by atoms with van der Waals surface area (Å²) in [6.07, 6.45) is 0. The molecule has 0 atom stereocenters. The first-order valence-corrected chi connectivity index (χ1v) is 6.12. The number of nitrogens with one attached hydrogen (secondary N) is 1. The van der Waals surface area contributed by atoms with Crippen LogP contribution in [0.3, 0.4) is 0 Å². The van der Waals surface area contributed by atoms with Crippen molar-refractivity contribution in [2.24, 2.45) is 0 Å². The van der Waals surface area contributed by atoms with E-state index in [-0.39, 0.29) is 5.75 Å². The van der Waals surface area contributed by atoms with Gasteiger partial charge in [-0.2, -0.15) is 0 Å². The van der Waals surface area contributed by atoms with E-state index >= 15 is 0 Å². The van der Waals surface area contributed by atoms with Gasteiger partial charge < -0.3 is 5.11 Å². The van der Waals surface area contributed by atoms with Gasteiger partial charge in [0.15, 0.2) is 0 Å². The Labute approximate surface area is 111 Å². The number of hydrogen-bond acceptors (Lipinski definition) is 2. The molecule has 0 aromatic heterocycles. The Morgan fingerprint density at radius 2 is 1.47 bits per heavy atom. The molecule has 0 unspecified atom stereocenters. The molecule has 0 fully saturated rings. The number of rotatable bonds is 2. The number of phenolic OH excluding ortho intramolecular Hbond substituents is 1. The van der Waals surface area contributed by atoms with E-state index < -0.39 is 0 Å². The van der Waals surface area contributed by atoms with Crippen LogP contribution in [0.2, 0.25) is 0 Å². The largest absolute Gasteiger partial charge is 0.508 e. The number of benzene rings is 3. The van der Waals surface area contributed by atoms with Gasteiger partial charge in [0, 0.05) is 11.1 Å². The Hall–Kier alpha value is -2.61. The van der Waals surface area contributed by atoms with E-state index in [4.69, 9.17) is 5.41 Å². The monoisotopic (exact) mass is 247 g/mol. The quantitative estimate of drug-likeness (QED) is 0.661. The summed E-state index contributed by atoms with van der Waals surface area (Å²) in [6, 6.07) is 20.8. The van der Waals surface area contributed by atoms with Crippen LogP contribution in [0.5, 0.6) is 5.75 Å². The molecule has 3 rings (SSSR count). The number of fused-ring (bicyclic) bond motifs is 1. The number of aromatic hydroxyl groups is 1. The molecule has 0 bridgehead atoms. The first kappa shape index (κ1) is 11.5. The van der Waals surface area contributed by atoms with Gasteiger partial charge in [0.2, 0.25) is 0 Å². The summed E-state index contributed by atoms with van der Waals surface area (Å²) in [7, 11) is 0. The molecule has 0 amide bonds. The van der Waals surface area contributed by atoms with Gasteiger partial charge >= 0.3 is 0 Å². The van der Waals surface area contributed by atoms with Crippen molar-refractivity contribution in [3.05, 3.63) is 77.9 Å². The minimum absolute atomic E-state index is 0.217. The highest BCUT2D eigenvalue weighted by Gasteiger charge is 2.08. The Bertz CT molecular complexity index is 739. The Kier molecular flexibility index (Phi) is 2.76. The third kappa shape index (κ3) is 2.08. The van der Waals surface area contributed by atoms with Crippen molar-refractivity contribution < 1.29 is 5.11 Å². The topological polar surface area (TPSA) is 44.1 Å². The average molecular weight is 247 g/mol. The summed E-state index contributed by atoms with van der Waals surface area (Å²) in [5.41, 5.74) is 2.18. The fraction of sp³-hybridized carbons (Fsp3) is 0. The minimum atomic E-state index is 0.217. The molecule has 19 heavy (non-hydrogen) atoms. The highest BCUT2D eigenvalue weighted by Crippen LogP contribution is 2.22. The van der Waals surface area contributed by atoms with E-state index in [2.05, 4.69) is 0 Å². The Morgan fingerprint density at radius 3 is 2.26 bits per heavy atom. The molecule has 0 aliphatic rings. The maximum Gasteiger partial charge on any atom is 0.115 e. The molecule has 0 heterocycles. The molecule has 2 N–H and O–H groups in total. The molecule has 0 saturated heterocycles. The fourth-order valence-corrected chi connectivity index (χ4v) is 2.23. The van der Waals surface area contributed by atoms with Gasteiger partial charge in [0.25, 0.3) is 0 Å². The lowest BCUT2D eigenvalue weighted by molar-refractivity contribution is 0.475. The van der Waals surface area contributed by atoms with Crippen molar-refractivity contribution in [3.63, 3.8) is 0 Å². The third-order valence-electron chi connectivity index (χ3n) is 3.21. The van der Waals surface area contributed by atoms with Gasteiger partial charge in [-0.05, 0) is 35.0 Å². The van der Waals surface area contributed by atoms with Crippen molar-refractivity contribution in [2.45, 2.75) is 0 Å². The van der Waals surface area contributed by atoms with E-state index in [0.717, 1.165) is 21.9 Å². The second-order valence-electron chi connectivity index (χ2n) is 4.45. The van der Waals surface area contributed by atoms with Crippen molar-refractivity contribution in [3.8, 4) is 5.75 Å². The second-order valence-corrected chi connectivity index (χ2v) is 4.45. The number of hydrogen-bond donors (Lipinski definition) is 2. The molecular weight excluding hydrogens is 234 g/mol. The lowest BCUT2D eigenvalue weighted by Crippen LogP contribution is -2.01. The maximum atomic E-state index is 9.31. The Morgan fingerprint density at radius 1 is 0.789 bits per heavy atom. The predicted molar refractivity (Wildman–Crippen MR) is 78.0 cm³/mol. The average Bonchev–Trinajstić information content (AvgIpc) is 2.47. The standard InChI is InChI=1S/C17H13NO/c18-17(13-8-10-14(19)11-9-13)16-7-3-5-12-4-1-2-6-15(12)16/h1-11,18-19H. The van der Waals surface area contributed by atoms with Gasteiger partial charge in [-0.3, -0.25) is 5.41 Å². The molecule has 3 aromatic carbocycles. The van der Waals surface area contributed by atoms with Crippen molar-refractivity contribution in [2.75, 3.05) is 0 Å². The molecule has 0 aliphatic carbocycles. The van der Waals surface area contributed by atoms with Crippen LogP contribution in [0, 0.1) is 5.41 Å². The van der Waals surface area contributed by atoms with Crippen LogP contribution in [0.15, 0.2) is 66.7 Å². The lowest BCUT2D eigenvalue weighted by Gasteiger charge is -2.08. The van der Waals surface area contributed by atoms with Crippen LogP contribution >= 0.6 is 0 Å². The van der Waals surface area contributed by atoms with Gasteiger partial charge in [0.05, 0.1) is 5.71 Å². The zero-order valence-corrected chi connectivity index (χ0v) is 10.3. The molecule has 2 heteroatoms. The molecule has 2 nitrogen and oxygen atoms in total. The van der Waals surface area contributed by atoms with Crippen LogP contribution in [0.25, 0.3) is 10.8 Å². The van der Waals surface area contributed by atoms with Gasteiger partial charge in [-0.25, -0.2) is 0 Å². The zero-order chi connectivity index (χ0) is 13.2. The van der Waals surface area contributed by atoms with E-state index in [1.807, 2.05) is 42.5 Å². The van der Waals surface area contributed by atoms with Gasteiger partial charge in [-0.15, -0.1) is 0 Å². The summed E-state index contributed by atoms with van der Waals surface area (Å²) >= 11 is 0. The van der Waals surface area contributed by atoms with Crippen molar-refractivity contribution in [1.82, 2.24) is 0 Å². The molecule has 3 aromatic rings. The first-order chi connectivity index (χ1) is 9.25. The van der Waals surface area contributed by atoms with E-state index in [0.29, 0.717) is 5.71 Å². The van der Waals surface area contributed by atoms with Crippen LogP contribution in [-0.4, -0.2) is 10.8 Å². The molecule has 0 radical (unpaired) electrons. The van der Waals surface area contributed by atoms with Crippen LogP contribution in [-0.2, 0) is 0 Å². The van der Waals surface area contributed by atoms with E-state index in [1.165, 1.54) is 0 Å². The van der Waals surface area contributed by atoms with Crippen LogP contribution in [0.4, 0.5) is 0 Å². The molecule has 0 spiro atoms. The van der Waals surface area contributed by atoms with E-state index in [1.54, 1.807) is 24.3 Å². The lowest BCUT2D eigenvalue weighted by atomic mass is 9.97. The minimum Gasteiger partial charge on any atom is -0.508 e. The normalized spacial score (nSPS) is 10.5. The van der Waals surface area contributed by atoms with E-state index in [9.17, 15) is 5.11 Å². The summed E-state index contributed by atoms with van der Waals surface area (Å²) in [6.45, 7) is 0. The smallest absolute Gasteiger partial charge is 0.115 e. The summed E-state index contributed by atoms with van der Waals surface area (Å²) in [4.78, 5) is 0. The maximum absolute atomic E-state index is 9.31. The van der Waals surface area contributed by atoms with Gasteiger partial charge in [0.1, 0.15) is 5.75 Å². The summed E-state index contributed by atoms with van der Waals surface area (Å²) in [5, 5.41) is 19.9. The predicted octanol–water partition coefficient (Wildman–Crippen LogP) is 3.96. The molecule has 0 aliphatic heterocycles. The van der Waals surface area contributed by atoms with Gasteiger partial charge in [-0.1, -0.05) is 42.5 Å². The SMILES string of the molecule is N=C(c1ccc(O)cc1)c1cccc2ccccc12. The highest BCUT2D eigenvalue weighted by atomic mass is 16.3. The van der Waals surface area contributed by atoms with Crippen LogP contribution < -0.4 is 0 Å². The molecular formula is C17H13NO. The molecule has 0 saturated carbocycles. The van der Waals surface area contributed by atoms with Crippen molar-refractivity contribution >= 4 is 16.5 Å². The fourth-order valence-electron chi connectivity index (χ4n) is 2.23. The molecule has 92 valence electrons. The Balaban J connectivity index is 2.14. The zero-order valence-electron chi connectivity index (χ0n) is 10.3. The second kappa shape index (κ2) is 4.58. The summed E-state index contributed by atoms with van der Waals surface area (Å²) < 4.78 is 0. The third-order valence-corrected chi connectivity index (χ3v) is 3.21. The number of phenols is 1. The summed E-state index contributed by atoms with van der Waals surface area (Å²) in [5.74, 6) is 0.217. The first-order valence-electron chi connectivity index (χ1n) is 6.12. The van der Waals surface area contributed by atoms with Crippen molar-refractivity contribution in [1.29, 1.82) is 5.41 Å².